The van der Waals surface area contributed by atoms with E-state index in [1.807, 2.05) is 0 Å². The molecule has 35 heavy (non-hydrogen) atoms. The van der Waals surface area contributed by atoms with Gasteiger partial charge in [0.2, 0.25) is 0 Å². The molecule has 3 aliphatic rings. The molecule has 0 aromatic heterocycles. The number of morpholine rings is 2. The van der Waals surface area contributed by atoms with E-state index in [4.69, 9.17) is 9.47 Å². The minimum absolute atomic E-state index is 0. The molecule has 0 amide bonds. The van der Waals surface area contributed by atoms with Crippen LogP contribution in [-0.4, -0.2) is 101 Å². The van der Waals surface area contributed by atoms with Crippen molar-refractivity contribution >= 4 is 40.7 Å². The molecule has 0 radical (unpaired) electrons. The molecule has 0 aliphatic carbocycles. The van der Waals surface area contributed by atoms with Gasteiger partial charge in [-0.2, -0.15) is 0 Å². The van der Waals surface area contributed by atoms with Crippen LogP contribution in [0.2, 0.25) is 0 Å². The number of nitrogens with one attached hydrogen (secondary N) is 2. The summed E-state index contributed by atoms with van der Waals surface area (Å²) in [5, 5.41) is 9.82. The van der Waals surface area contributed by atoms with Crippen LogP contribution in [-0.2, 0) is 14.9 Å². The number of rotatable bonds is 9. The van der Waals surface area contributed by atoms with Crippen molar-refractivity contribution in [2.24, 2.45) is 4.99 Å². The van der Waals surface area contributed by atoms with Crippen molar-refractivity contribution in [3.05, 3.63) is 48.0 Å². The molecular weight excluding hydrogens is 553 g/mol. The number of halogens is 1. The average molecular weight is 594 g/mol. The minimum atomic E-state index is -0.00966. The van der Waals surface area contributed by atoms with Crippen molar-refractivity contribution < 1.29 is 9.47 Å². The molecule has 5 rings (SSSR count). The van der Waals surface area contributed by atoms with Crippen molar-refractivity contribution in [2.45, 2.75) is 18.3 Å². The number of hydrogen-bond acceptors (Lipinski definition) is 7. The number of ether oxygens (including phenoxy) is 2. The highest BCUT2D eigenvalue weighted by atomic mass is 127. The van der Waals surface area contributed by atoms with Gasteiger partial charge in [-0.05, 0) is 42.3 Å². The number of fused-ring (bicyclic) bond motifs is 1. The van der Waals surface area contributed by atoms with Gasteiger partial charge in [0.15, 0.2) is 5.96 Å². The number of nitrogens with zero attached hydrogens (tertiary/aromatic N) is 3. The van der Waals surface area contributed by atoms with Crippen LogP contribution in [0.25, 0.3) is 10.8 Å². The summed E-state index contributed by atoms with van der Waals surface area (Å²) in [6.45, 7) is 12.3. The molecule has 2 aromatic rings. The van der Waals surface area contributed by atoms with Crippen LogP contribution in [0.15, 0.2) is 47.5 Å². The highest BCUT2D eigenvalue weighted by Crippen LogP contribution is 2.37. The zero-order valence-corrected chi connectivity index (χ0v) is 23.0. The van der Waals surface area contributed by atoms with Gasteiger partial charge in [0.05, 0.1) is 33.0 Å². The highest BCUT2D eigenvalue weighted by Gasteiger charge is 2.35. The standard InChI is InChI=1S/C27H39N5O2.HI/c1-2-6-24-23(4-1)5-3-7-25(24)27(22-30-26-28-10-11-29-26,8-12-31-14-18-33-19-15-31)9-13-32-16-20-34-21-17-32;/h1-7H,8-22H2,(H2,28,29,30);1H. The van der Waals surface area contributed by atoms with Crippen LogP contribution in [0, 0.1) is 0 Å². The van der Waals surface area contributed by atoms with Gasteiger partial charge in [-0.1, -0.05) is 42.5 Å². The first kappa shape index (κ1) is 26.6. The van der Waals surface area contributed by atoms with Crippen molar-refractivity contribution in [1.82, 2.24) is 20.4 Å². The van der Waals surface area contributed by atoms with E-state index in [1.165, 1.54) is 16.3 Å². The van der Waals surface area contributed by atoms with Crippen molar-refractivity contribution in [1.29, 1.82) is 0 Å². The first-order valence-electron chi connectivity index (χ1n) is 12.9. The van der Waals surface area contributed by atoms with E-state index in [0.717, 1.165) is 104 Å². The number of hydrogen-bond donors (Lipinski definition) is 2. The van der Waals surface area contributed by atoms with Crippen LogP contribution < -0.4 is 10.6 Å². The Bertz CT molecular complexity index is 932. The first-order valence-corrected chi connectivity index (χ1v) is 12.9. The first-order chi connectivity index (χ1) is 16.8. The third-order valence-electron chi connectivity index (χ3n) is 7.65. The number of aliphatic imine (C=N–C) groups is 1. The molecule has 3 aliphatic heterocycles. The Hall–Kier alpha value is -1.46. The van der Waals surface area contributed by atoms with Crippen LogP contribution in [0.1, 0.15) is 18.4 Å². The predicted molar refractivity (Wildman–Crippen MR) is 153 cm³/mol. The fraction of sp³-hybridized carbons (Fsp3) is 0.593. The summed E-state index contributed by atoms with van der Waals surface area (Å²) >= 11 is 0. The van der Waals surface area contributed by atoms with E-state index in [0.29, 0.717) is 0 Å². The van der Waals surface area contributed by atoms with Gasteiger partial charge in [-0.3, -0.25) is 14.8 Å². The summed E-state index contributed by atoms with van der Waals surface area (Å²) in [4.78, 5) is 9.78. The summed E-state index contributed by atoms with van der Waals surface area (Å²) < 4.78 is 11.2. The van der Waals surface area contributed by atoms with E-state index in [1.54, 1.807) is 0 Å². The summed E-state index contributed by atoms with van der Waals surface area (Å²) in [5.74, 6) is 0.947. The highest BCUT2D eigenvalue weighted by molar-refractivity contribution is 14.0. The largest absolute Gasteiger partial charge is 0.379 e. The SMILES string of the molecule is I.c1ccc2c(C(CCN3CCOCC3)(CCN3CCOCC3)CNC3=NCCN3)cccc2c1. The summed E-state index contributed by atoms with van der Waals surface area (Å²) in [6, 6.07) is 15.7. The Balaban J connectivity index is 0.00000289. The maximum atomic E-state index is 5.62. The van der Waals surface area contributed by atoms with Gasteiger partial charge in [0.25, 0.3) is 0 Å². The molecule has 2 aromatic carbocycles. The van der Waals surface area contributed by atoms with Crippen molar-refractivity contribution in [2.75, 3.05) is 85.3 Å². The fourth-order valence-corrected chi connectivity index (χ4v) is 5.52. The molecule has 2 fully saturated rings. The second kappa shape index (κ2) is 13.2. The predicted octanol–water partition coefficient (Wildman–Crippen LogP) is 2.69. The quantitative estimate of drug-likeness (QED) is 0.437. The van der Waals surface area contributed by atoms with Crippen molar-refractivity contribution in [3.8, 4) is 0 Å². The van der Waals surface area contributed by atoms with E-state index in [2.05, 4.69) is 67.9 Å². The van der Waals surface area contributed by atoms with Gasteiger partial charge in [-0.15, -0.1) is 24.0 Å². The van der Waals surface area contributed by atoms with Gasteiger partial charge in [0, 0.05) is 44.7 Å². The lowest BCUT2D eigenvalue weighted by Crippen LogP contribution is -2.49. The van der Waals surface area contributed by atoms with Gasteiger partial charge in [0.1, 0.15) is 0 Å². The molecule has 2 N–H and O–H groups in total. The molecule has 3 heterocycles. The number of benzene rings is 2. The van der Waals surface area contributed by atoms with Crippen LogP contribution in [0.4, 0.5) is 0 Å². The normalized spacial score (nSPS) is 19.7. The smallest absolute Gasteiger partial charge is 0.191 e. The summed E-state index contributed by atoms with van der Waals surface area (Å²) in [5.41, 5.74) is 1.45. The average Bonchev–Trinajstić information content (AvgIpc) is 3.43. The lowest BCUT2D eigenvalue weighted by atomic mass is 9.72. The maximum Gasteiger partial charge on any atom is 0.191 e. The van der Waals surface area contributed by atoms with Gasteiger partial charge >= 0.3 is 0 Å². The van der Waals surface area contributed by atoms with Gasteiger partial charge in [-0.25, -0.2) is 0 Å². The Morgan fingerprint density at radius 2 is 1.49 bits per heavy atom. The van der Waals surface area contributed by atoms with E-state index < -0.39 is 0 Å². The monoisotopic (exact) mass is 593 g/mol. The van der Waals surface area contributed by atoms with Crippen LogP contribution >= 0.6 is 24.0 Å². The molecule has 2 saturated heterocycles. The molecule has 0 spiro atoms. The lowest BCUT2D eigenvalue weighted by molar-refractivity contribution is 0.0280. The number of guanidine groups is 1. The van der Waals surface area contributed by atoms with Gasteiger partial charge < -0.3 is 20.1 Å². The zero-order valence-electron chi connectivity index (χ0n) is 20.7. The Labute approximate surface area is 226 Å². The summed E-state index contributed by atoms with van der Waals surface area (Å²) in [7, 11) is 0. The molecule has 0 saturated carbocycles. The molecule has 192 valence electrons. The van der Waals surface area contributed by atoms with Crippen LogP contribution in [0.5, 0.6) is 0 Å². The van der Waals surface area contributed by atoms with E-state index in [9.17, 15) is 0 Å². The fourth-order valence-electron chi connectivity index (χ4n) is 5.52. The Morgan fingerprint density at radius 3 is 2.11 bits per heavy atom. The summed E-state index contributed by atoms with van der Waals surface area (Å²) in [6.07, 6.45) is 2.21. The molecular formula is C27H40IN5O2. The molecule has 0 atom stereocenters. The second-order valence-electron chi connectivity index (χ2n) is 9.73. The molecule has 7 nitrogen and oxygen atoms in total. The minimum Gasteiger partial charge on any atom is -0.379 e. The maximum absolute atomic E-state index is 5.62. The topological polar surface area (TPSA) is 61.4 Å². The van der Waals surface area contributed by atoms with Crippen molar-refractivity contribution in [3.63, 3.8) is 0 Å². The Morgan fingerprint density at radius 1 is 0.857 bits per heavy atom. The lowest BCUT2D eigenvalue weighted by Gasteiger charge is -2.40. The molecule has 0 bridgehead atoms. The van der Waals surface area contributed by atoms with E-state index >= 15 is 0 Å². The molecule has 0 unspecified atom stereocenters. The third kappa shape index (κ3) is 6.85. The Kier molecular flexibility index (Phi) is 10.0. The second-order valence-corrected chi connectivity index (χ2v) is 9.73. The third-order valence-corrected chi connectivity index (χ3v) is 7.65. The molecule has 8 heteroatoms. The van der Waals surface area contributed by atoms with Crippen LogP contribution in [0.3, 0.4) is 0 Å². The van der Waals surface area contributed by atoms with E-state index in [-0.39, 0.29) is 29.4 Å². The zero-order chi connectivity index (χ0) is 23.1.